The van der Waals surface area contributed by atoms with Gasteiger partial charge in [0.2, 0.25) is 10.0 Å². The van der Waals surface area contributed by atoms with E-state index < -0.39 is 15.3 Å². The number of rotatable bonds is 12. The molecule has 1 saturated carbocycles. The van der Waals surface area contributed by atoms with Crippen molar-refractivity contribution in [1.82, 2.24) is 9.62 Å². The van der Waals surface area contributed by atoms with Gasteiger partial charge >= 0.3 is 0 Å². The predicted molar refractivity (Wildman–Crippen MR) is 79.3 cm³/mol. The average Bonchev–Trinajstić information content (AvgIpc) is 3.23. The van der Waals surface area contributed by atoms with Crippen LogP contribution in [0.2, 0.25) is 0 Å². The highest BCUT2D eigenvalue weighted by atomic mass is 32.2. The molecule has 0 heterocycles. The lowest BCUT2D eigenvalue weighted by molar-refractivity contribution is 0.164. The van der Waals surface area contributed by atoms with E-state index in [4.69, 9.17) is 9.47 Å². The van der Waals surface area contributed by atoms with Gasteiger partial charge in [0, 0.05) is 46.5 Å². The molecule has 1 aliphatic carbocycles. The molecule has 1 N–H and O–H groups in total. The van der Waals surface area contributed by atoms with E-state index in [2.05, 4.69) is 5.32 Å². The van der Waals surface area contributed by atoms with Crippen LogP contribution >= 0.6 is 0 Å². The predicted octanol–water partition coefficient (Wildman–Crippen LogP) is 0.442. The van der Waals surface area contributed by atoms with Crippen molar-refractivity contribution >= 4 is 10.0 Å². The lowest BCUT2D eigenvalue weighted by Gasteiger charge is -2.25. The SMILES string of the molecule is COCCCN(CCOC)S(=O)(=O)C(C)CNC1CC1. The van der Waals surface area contributed by atoms with Crippen molar-refractivity contribution in [2.75, 3.05) is 47.1 Å². The van der Waals surface area contributed by atoms with Crippen LogP contribution in [-0.4, -0.2) is 71.1 Å². The summed E-state index contributed by atoms with van der Waals surface area (Å²) in [7, 11) is -0.0838. The van der Waals surface area contributed by atoms with Gasteiger partial charge in [-0.1, -0.05) is 0 Å². The van der Waals surface area contributed by atoms with E-state index in [1.165, 1.54) is 4.31 Å². The summed E-state index contributed by atoms with van der Waals surface area (Å²) in [6.45, 7) is 4.13. The normalized spacial score (nSPS) is 17.6. The van der Waals surface area contributed by atoms with Crippen molar-refractivity contribution < 1.29 is 17.9 Å². The molecule has 1 aliphatic rings. The minimum Gasteiger partial charge on any atom is -0.385 e. The zero-order valence-corrected chi connectivity index (χ0v) is 13.6. The summed E-state index contributed by atoms with van der Waals surface area (Å²) >= 11 is 0. The minimum absolute atomic E-state index is 0.399. The molecule has 1 unspecified atom stereocenters. The second-order valence-corrected chi connectivity index (χ2v) is 7.63. The van der Waals surface area contributed by atoms with Crippen molar-refractivity contribution in [3.8, 4) is 0 Å². The lowest BCUT2D eigenvalue weighted by atomic mass is 10.4. The van der Waals surface area contributed by atoms with E-state index in [0.717, 1.165) is 12.8 Å². The highest BCUT2D eigenvalue weighted by Gasteiger charge is 2.30. The largest absolute Gasteiger partial charge is 0.385 e. The fourth-order valence-corrected chi connectivity index (χ4v) is 3.45. The Morgan fingerprint density at radius 3 is 2.40 bits per heavy atom. The van der Waals surface area contributed by atoms with Gasteiger partial charge in [-0.2, -0.15) is 4.31 Å². The van der Waals surface area contributed by atoms with Crippen molar-refractivity contribution in [2.45, 2.75) is 37.5 Å². The van der Waals surface area contributed by atoms with Gasteiger partial charge in [-0.05, 0) is 26.2 Å². The Bertz CT molecular complexity index is 357. The first kappa shape index (κ1) is 17.8. The molecule has 120 valence electrons. The summed E-state index contributed by atoms with van der Waals surface area (Å²) in [6, 6.07) is 0.522. The van der Waals surface area contributed by atoms with Crippen LogP contribution in [-0.2, 0) is 19.5 Å². The molecule has 7 heteroatoms. The number of hydrogen-bond acceptors (Lipinski definition) is 5. The smallest absolute Gasteiger partial charge is 0.218 e. The summed E-state index contributed by atoms with van der Waals surface area (Å²) in [6.07, 6.45) is 3.02. The first-order valence-electron chi connectivity index (χ1n) is 7.22. The molecule has 0 radical (unpaired) electrons. The molecule has 0 aromatic carbocycles. The van der Waals surface area contributed by atoms with Gasteiger partial charge in [0.1, 0.15) is 0 Å². The van der Waals surface area contributed by atoms with Gasteiger partial charge in [-0.15, -0.1) is 0 Å². The van der Waals surface area contributed by atoms with Crippen molar-refractivity contribution in [1.29, 1.82) is 0 Å². The van der Waals surface area contributed by atoms with Crippen LogP contribution in [0.5, 0.6) is 0 Å². The Labute approximate surface area is 122 Å². The average molecular weight is 308 g/mol. The molecule has 20 heavy (non-hydrogen) atoms. The molecule has 0 amide bonds. The van der Waals surface area contributed by atoms with E-state index in [9.17, 15) is 8.42 Å². The van der Waals surface area contributed by atoms with Crippen molar-refractivity contribution in [2.24, 2.45) is 0 Å². The maximum Gasteiger partial charge on any atom is 0.218 e. The Kier molecular flexibility index (Phi) is 7.98. The second kappa shape index (κ2) is 8.94. The number of sulfonamides is 1. The fraction of sp³-hybridized carbons (Fsp3) is 1.00. The molecule has 0 aromatic rings. The Morgan fingerprint density at radius 2 is 1.85 bits per heavy atom. The van der Waals surface area contributed by atoms with Gasteiger partial charge in [0.05, 0.1) is 11.9 Å². The molecule has 0 bridgehead atoms. The summed E-state index contributed by atoms with van der Waals surface area (Å²) in [5, 5.41) is 2.86. The van der Waals surface area contributed by atoms with Gasteiger partial charge in [-0.25, -0.2) is 8.42 Å². The molecule has 6 nitrogen and oxygen atoms in total. The molecular formula is C13H28N2O4S. The maximum atomic E-state index is 12.6. The first-order chi connectivity index (χ1) is 9.52. The fourth-order valence-electron chi connectivity index (χ4n) is 1.92. The quantitative estimate of drug-likeness (QED) is 0.530. The standard InChI is InChI=1S/C13H28N2O4S/c1-12(11-14-13-5-6-13)20(16,17)15(8-10-19-3)7-4-9-18-2/h12-14H,4-11H2,1-3H3. The zero-order chi connectivity index (χ0) is 15.0. The van der Waals surface area contributed by atoms with Crippen LogP contribution in [0.4, 0.5) is 0 Å². The number of nitrogens with one attached hydrogen (secondary N) is 1. The topological polar surface area (TPSA) is 67.9 Å². The van der Waals surface area contributed by atoms with E-state index >= 15 is 0 Å². The van der Waals surface area contributed by atoms with Crippen molar-refractivity contribution in [3.63, 3.8) is 0 Å². The lowest BCUT2D eigenvalue weighted by Crippen LogP contribution is -2.44. The van der Waals surface area contributed by atoms with E-state index in [-0.39, 0.29) is 0 Å². The number of nitrogens with zero attached hydrogens (tertiary/aromatic N) is 1. The summed E-state index contributed by atoms with van der Waals surface area (Å²) in [5.41, 5.74) is 0. The van der Waals surface area contributed by atoms with Gasteiger partial charge in [0.15, 0.2) is 0 Å². The third-order valence-electron chi connectivity index (χ3n) is 3.44. The molecule has 1 fully saturated rings. The van der Waals surface area contributed by atoms with Crippen LogP contribution in [0, 0.1) is 0 Å². The summed E-state index contributed by atoms with van der Waals surface area (Å²) < 4.78 is 36.6. The Hall–Kier alpha value is -0.210. The second-order valence-electron chi connectivity index (χ2n) is 5.28. The van der Waals surface area contributed by atoms with Crippen molar-refractivity contribution in [3.05, 3.63) is 0 Å². The first-order valence-corrected chi connectivity index (χ1v) is 8.73. The third kappa shape index (κ3) is 6.05. The molecular weight excluding hydrogens is 280 g/mol. The molecule has 0 saturated heterocycles. The molecule has 0 aromatic heterocycles. The highest BCUT2D eigenvalue weighted by Crippen LogP contribution is 2.19. The monoisotopic (exact) mass is 308 g/mol. The molecule has 0 spiro atoms. The van der Waals surface area contributed by atoms with E-state index in [1.807, 2.05) is 0 Å². The van der Waals surface area contributed by atoms with Gasteiger partial charge in [-0.3, -0.25) is 0 Å². The summed E-state index contributed by atoms with van der Waals surface area (Å²) in [5.74, 6) is 0. The number of ether oxygens (including phenoxy) is 2. The minimum atomic E-state index is -3.29. The molecule has 1 rings (SSSR count). The van der Waals surface area contributed by atoms with Gasteiger partial charge in [0.25, 0.3) is 0 Å². The Morgan fingerprint density at radius 1 is 1.20 bits per heavy atom. The van der Waals surface area contributed by atoms with E-state index in [0.29, 0.717) is 45.3 Å². The number of hydrogen-bond donors (Lipinski definition) is 1. The number of methoxy groups -OCH3 is 2. The van der Waals surface area contributed by atoms with Crippen LogP contribution < -0.4 is 5.32 Å². The Balaban J connectivity index is 2.53. The summed E-state index contributed by atoms with van der Waals surface area (Å²) in [4.78, 5) is 0. The molecule has 1 atom stereocenters. The van der Waals surface area contributed by atoms with Crippen LogP contribution in [0.25, 0.3) is 0 Å². The molecule has 0 aliphatic heterocycles. The maximum absolute atomic E-state index is 12.6. The zero-order valence-electron chi connectivity index (χ0n) is 12.8. The van der Waals surface area contributed by atoms with Crippen LogP contribution in [0.3, 0.4) is 0 Å². The van der Waals surface area contributed by atoms with Gasteiger partial charge < -0.3 is 14.8 Å². The highest BCUT2D eigenvalue weighted by molar-refractivity contribution is 7.89. The van der Waals surface area contributed by atoms with E-state index in [1.54, 1.807) is 21.1 Å². The third-order valence-corrected chi connectivity index (χ3v) is 5.71. The van der Waals surface area contributed by atoms with Crippen LogP contribution in [0.1, 0.15) is 26.2 Å². The van der Waals surface area contributed by atoms with Crippen LogP contribution in [0.15, 0.2) is 0 Å².